The average Bonchev–Trinajstić information content (AvgIpc) is 2.39. The summed E-state index contributed by atoms with van der Waals surface area (Å²) in [6, 6.07) is 8.29. The molecule has 2 atom stereocenters. The molecule has 0 radical (unpaired) electrons. The highest BCUT2D eigenvalue weighted by Gasteiger charge is 2.14. The number of benzene rings is 1. The van der Waals surface area contributed by atoms with Gasteiger partial charge in [-0.15, -0.1) is 0 Å². The lowest BCUT2D eigenvalue weighted by Crippen LogP contribution is -2.26. The highest BCUT2D eigenvalue weighted by atomic mass is 16.5. The molecule has 18 heavy (non-hydrogen) atoms. The Morgan fingerprint density at radius 2 is 1.94 bits per heavy atom. The van der Waals surface area contributed by atoms with Crippen LogP contribution in [0.1, 0.15) is 32.4 Å². The molecule has 102 valence electrons. The van der Waals surface area contributed by atoms with Crippen molar-refractivity contribution in [2.75, 3.05) is 20.8 Å². The molecule has 0 fully saturated rings. The van der Waals surface area contributed by atoms with Crippen LogP contribution >= 0.6 is 0 Å². The minimum absolute atomic E-state index is 0.196. The molecule has 0 bridgehead atoms. The number of hydrogen-bond donors (Lipinski definition) is 1. The molecule has 1 aromatic carbocycles. The molecule has 0 saturated carbocycles. The number of rotatable bonds is 7. The van der Waals surface area contributed by atoms with E-state index in [1.165, 1.54) is 5.56 Å². The quantitative estimate of drug-likeness (QED) is 0.808. The summed E-state index contributed by atoms with van der Waals surface area (Å²) >= 11 is 0. The van der Waals surface area contributed by atoms with Crippen molar-refractivity contribution in [3.05, 3.63) is 29.8 Å². The van der Waals surface area contributed by atoms with E-state index in [2.05, 4.69) is 32.2 Å². The Labute approximate surface area is 110 Å². The summed E-state index contributed by atoms with van der Waals surface area (Å²) in [5.74, 6) is 1.41. The maximum atomic E-state index is 5.88. The molecule has 0 aromatic heterocycles. The van der Waals surface area contributed by atoms with E-state index >= 15 is 0 Å². The van der Waals surface area contributed by atoms with Crippen LogP contribution in [0.4, 0.5) is 0 Å². The predicted molar refractivity (Wildman–Crippen MR) is 75.0 cm³/mol. The van der Waals surface area contributed by atoms with Crippen LogP contribution in [0.5, 0.6) is 5.75 Å². The minimum Gasteiger partial charge on any atom is -0.497 e. The van der Waals surface area contributed by atoms with Gasteiger partial charge in [0.15, 0.2) is 0 Å². The second kappa shape index (κ2) is 7.39. The maximum Gasteiger partial charge on any atom is 0.119 e. The fraction of sp³-hybridized carbons (Fsp3) is 0.600. The Hall–Kier alpha value is -1.06. The second-order valence-electron chi connectivity index (χ2n) is 4.90. The van der Waals surface area contributed by atoms with Crippen molar-refractivity contribution >= 4 is 0 Å². The number of ether oxygens (including phenoxy) is 2. The van der Waals surface area contributed by atoms with E-state index in [1.54, 1.807) is 7.11 Å². The van der Waals surface area contributed by atoms with E-state index in [0.717, 1.165) is 5.75 Å². The zero-order chi connectivity index (χ0) is 13.5. The minimum atomic E-state index is 0.196. The van der Waals surface area contributed by atoms with Crippen LogP contribution in [0, 0.1) is 5.92 Å². The van der Waals surface area contributed by atoms with Gasteiger partial charge in [0.1, 0.15) is 5.75 Å². The number of nitrogens with one attached hydrogen (secondary N) is 1. The number of likely N-dealkylation sites (N-methyl/N-ethyl adjacent to an activating group) is 1. The smallest absolute Gasteiger partial charge is 0.119 e. The van der Waals surface area contributed by atoms with E-state index in [1.807, 2.05) is 25.2 Å². The molecule has 2 unspecified atom stereocenters. The molecule has 0 heterocycles. The highest BCUT2D eigenvalue weighted by Crippen LogP contribution is 2.20. The van der Waals surface area contributed by atoms with Crippen molar-refractivity contribution in [2.45, 2.75) is 32.9 Å². The van der Waals surface area contributed by atoms with Crippen LogP contribution in [0.3, 0.4) is 0 Å². The molecule has 3 heteroatoms. The van der Waals surface area contributed by atoms with Gasteiger partial charge >= 0.3 is 0 Å². The van der Waals surface area contributed by atoms with Gasteiger partial charge in [-0.25, -0.2) is 0 Å². The monoisotopic (exact) mass is 251 g/mol. The van der Waals surface area contributed by atoms with Crippen LogP contribution in [0.2, 0.25) is 0 Å². The summed E-state index contributed by atoms with van der Waals surface area (Å²) in [6.45, 7) is 7.13. The van der Waals surface area contributed by atoms with Crippen LogP contribution in [-0.4, -0.2) is 26.9 Å². The fourth-order valence-corrected chi connectivity index (χ4v) is 1.64. The van der Waals surface area contributed by atoms with E-state index in [4.69, 9.17) is 9.47 Å². The Balaban J connectivity index is 2.64. The third kappa shape index (κ3) is 4.31. The molecule has 0 saturated heterocycles. The Morgan fingerprint density at radius 3 is 2.50 bits per heavy atom. The zero-order valence-corrected chi connectivity index (χ0v) is 12.1. The topological polar surface area (TPSA) is 30.5 Å². The summed E-state index contributed by atoms with van der Waals surface area (Å²) in [5, 5.41) is 3.28. The molecule has 0 spiro atoms. The van der Waals surface area contributed by atoms with Crippen molar-refractivity contribution in [3.8, 4) is 5.75 Å². The van der Waals surface area contributed by atoms with Crippen LogP contribution in [0.25, 0.3) is 0 Å². The summed E-state index contributed by atoms with van der Waals surface area (Å²) in [7, 11) is 3.64. The lowest BCUT2D eigenvalue weighted by Gasteiger charge is -2.22. The average molecular weight is 251 g/mol. The van der Waals surface area contributed by atoms with Crippen molar-refractivity contribution in [3.63, 3.8) is 0 Å². The van der Waals surface area contributed by atoms with Gasteiger partial charge in [-0.1, -0.05) is 26.0 Å². The van der Waals surface area contributed by atoms with Crippen LogP contribution < -0.4 is 10.1 Å². The van der Waals surface area contributed by atoms with Crippen molar-refractivity contribution < 1.29 is 9.47 Å². The highest BCUT2D eigenvalue weighted by molar-refractivity contribution is 5.30. The van der Waals surface area contributed by atoms with Gasteiger partial charge < -0.3 is 14.8 Å². The molecule has 1 aromatic rings. The molecular weight excluding hydrogens is 226 g/mol. The summed E-state index contributed by atoms with van der Waals surface area (Å²) in [5.41, 5.74) is 1.19. The molecule has 0 amide bonds. The maximum absolute atomic E-state index is 5.88. The zero-order valence-electron chi connectivity index (χ0n) is 12.1. The molecular formula is C15H25NO2. The first-order chi connectivity index (χ1) is 8.58. The van der Waals surface area contributed by atoms with E-state index < -0.39 is 0 Å². The Morgan fingerprint density at radius 1 is 1.22 bits per heavy atom. The van der Waals surface area contributed by atoms with Crippen LogP contribution in [0.15, 0.2) is 24.3 Å². The molecule has 3 nitrogen and oxygen atoms in total. The molecule has 0 aliphatic heterocycles. The number of methoxy groups -OCH3 is 1. The van der Waals surface area contributed by atoms with Crippen molar-refractivity contribution in [1.82, 2.24) is 5.32 Å². The molecule has 0 aliphatic carbocycles. The first-order valence-electron chi connectivity index (χ1n) is 6.51. The predicted octanol–water partition coefficient (Wildman–Crippen LogP) is 3.02. The van der Waals surface area contributed by atoms with Crippen LogP contribution in [-0.2, 0) is 4.74 Å². The van der Waals surface area contributed by atoms with E-state index in [9.17, 15) is 0 Å². The van der Waals surface area contributed by atoms with Crippen molar-refractivity contribution in [2.24, 2.45) is 5.92 Å². The SMILES string of the molecule is CNC(COC(C)C(C)C)c1cccc(OC)c1. The summed E-state index contributed by atoms with van der Waals surface area (Å²) in [4.78, 5) is 0. The molecule has 1 N–H and O–H groups in total. The van der Waals surface area contributed by atoms with E-state index in [-0.39, 0.29) is 12.1 Å². The molecule has 0 aliphatic rings. The van der Waals surface area contributed by atoms with Gasteiger partial charge in [-0.2, -0.15) is 0 Å². The van der Waals surface area contributed by atoms with Gasteiger partial charge in [-0.05, 0) is 37.6 Å². The van der Waals surface area contributed by atoms with Gasteiger partial charge in [0.05, 0.1) is 25.9 Å². The normalized spacial score (nSPS) is 14.6. The lowest BCUT2D eigenvalue weighted by atomic mass is 10.1. The first kappa shape index (κ1) is 15.0. The van der Waals surface area contributed by atoms with Gasteiger partial charge in [0.2, 0.25) is 0 Å². The third-order valence-electron chi connectivity index (χ3n) is 3.31. The number of hydrogen-bond acceptors (Lipinski definition) is 3. The fourth-order valence-electron chi connectivity index (χ4n) is 1.64. The summed E-state index contributed by atoms with van der Waals surface area (Å²) < 4.78 is 11.1. The Bertz CT molecular complexity index is 352. The van der Waals surface area contributed by atoms with Gasteiger partial charge in [-0.3, -0.25) is 0 Å². The largest absolute Gasteiger partial charge is 0.497 e. The van der Waals surface area contributed by atoms with E-state index in [0.29, 0.717) is 12.5 Å². The third-order valence-corrected chi connectivity index (χ3v) is 3.31. The second-order valence-corrected chi connectivity index (χ2v) is 4.90. The Kier molecular flexibility index (Phi) is 6.16. The van der Waals surface area contributed by atoms with Gasteiger partial charge in [0, 0.05) is 0 Å². The summed E-state index contributed by atoms with van der Waals surface area (Å²) in [6.07, 6.45) is 0.270. The van der Waals surface area contributed by atoms with Crippen molar-refractivity contribution in [1.29, 1.82) is 0 Å². The first-order valence-corrected chi connectivity index (χ1v) is 6.51. The molecule has 1 rings (SSSR count). The standard InChI is InChI=1S/C15H25NO2/c1-11(2)12(3)18-10-15(16-4)13-7-6-8-14(9-13)17-5/h6-9,11-12,15-16H,10H2,1-5H3. The lowest BCUT2D eigenvalue weighted by molar-refractivity contribution is 0.0229. The van der Waals surface area contributed by atoms with Gasteiger partial charge in [0.25, 0.3) is 0 Å².